The van der Waals surface area contributed by atoms with Crippen LogP contribution in [0.25, 0.3) is 11.3 Å². The number of ether oxygens (including phenoxy) is 2. The number of benzene rings is 2. The Bertz CT molecular complexity index is 1140. The molecular weight excluding hydrogens is 428 g/mol. The number of amides is 1. The number of halogens is 1. The van der Waals surface area contributed by atoms with Crippen molar-refractivity contribution in [2.75, 3.05) is 44.3 Å². The Balaban J connectivity index is 1.35. The Morgan fingerprint density at radius 2 is 1.78 bits per heavy atom. The van der Waals surface area contributed by atoms with Crippen molar-refractivity contribution < 1.29 is 14.3 Å². The van der Waals surface area contributed by atoms with Crippen molar-refractivity contribution in [3.63, 3.8) is 0 Å². The predicted molar refractivity (Wildman–Crippen MR) is 124 cm³/mol. The van der Waals surface area contributed by atoms with Crippen LogP contribution in [0.5, 0.6) is 11.5 Å². The van der Waals surface area contributed by atoms with Gasteiger partial charge in [0.05, 0.1) is 18.8 Å². The molecule has 0 aliphatic carbocycles. The summed E-state index contributed by atoms with van der Waals surface area (Å²) in [6.45, 7) is 4.04. The molecule has 32 heavy (non-hydrogen) atoms. The smallest absolute Gasteiger partial charge is 0.257 e. The summed E-state index contributed by atoms with van der Waals surface area (Å²) in [5, 5.41) is 5.31. The number of aromatic nitrogens is 2. The number of aryl methyl sites for hydroxylation is 1. The molecule has 166 valence electrons. The fourth-order valence-electron chi connectivity index (χ4n) is 4.18. The average Bonchev–Trinajstić information content (AvgIpc) is 3.05. The van der Waals surface area contributed by atoms with Crippen LogP contribution < -0.4 is 14.4 Å². The first-order valence-electron chi connectivity index (χ1n) is 10.8. The van der Waals surface area contributed by atoms with E-state index in [0.29, 0.717) is 43.3 Å². The first-order chi connectivity index (χ1) is 15.6. The Morgan fingerprint density at radius 1 is 1.00 bits per heavy atom. The number of rotatable bonds is 3. The van der Waals surface area contributed by atoms with E-state index in [1.807, 2.05) is 54.4 Å². The molecule has 0 unspecified atom stereocenters. The van der Waals surface area contributed by atoms with Crippen LogP contribution in [0.15, 0.2) is 48.7 Å². The zero-order valence-electron chi connectivity index (χ0n) is 18.0. The van der Waals surface area contributed by atoms with Crippen LogP contribution >= 0.6 is 11.6 Å². The van der Waals surface area contributed by atoms with Crippen LogP contribution in [0.1, 0.15) is 16.8 Å². The fraction of sp³-hybridized carbons (Fsp3) is 0.333. The molecule has 1 amide bonds. The van der Waals surface area contributed by atoms with Gasteiger partial charge < -0.3 is 19.3 Å². The number of carbonyl (C=O) groups excluding carboxylic acids is 1. The number of fused-ring (bicyclic) bond motifs is 1. The Hall–Kier alpha value is -3.19. The quantitative estimate of drug-likeness (QED) is 0.604. The van der Waals surface area contributed by atoms with E-state index in [9.17, 15) is 4.79 Å². The maximum absolute atomic E-state index is 13.4. The highest BCUT2D eigenvalue weighted by Gasteiger charge is 2.27. The SMILES string of the molecule is Cn1cc(C(=O)N2CCN(c3cccc(Cl)c3)CC2)c(-c2ccc3c(c2)OCCCO3)n1. The Labute approximate surface area is 192 Å². The normalized spacial score (nSPS) is 16.1. The topological polar surface area (TPSA) is 59.8 Å². The summed E-state index contributed by atoms with van der Waals surface area (Å²) in [6.07, 6.45) is 2.64. The fourth-order valence-corrected chi connectivity index (χ4v) is 4.36. The van der Waals surface area contributed by atoms with Gasteiger partial charge in [0.2, 0.25) is 0 Å². The summed E-state index contributed by atoms with van der Waals surface area (Å²) in [7, 11) is 1.83. The number of carbonyl (C=O) groups is 1. The van der Waals surface area contributed by atoms with E-state index in [1.165, 1.54) is 0 Å². The Kier molecular flexibility index (Phi) is 5.66. The van der Waals surface area contributed by atoms with E-state index in [0.717, 1.165) is 41.5 Å². The average molecular weight is 453 g/mol. The third-order valence-electron chi connectivity index (χ3n) is 5.82. The van der Waals surface area contributed by atoms with Gasteiger partial charge in [0, 0.05) is 62.1 Å². The van der Waals surface area contributed by atoms with Crippen molar-refractivity contribution in [1.29, 1.82) is 0 Å². The molecule has 1 fully saturated rings. The molecule has 5 rings (SSSR count). The molecule has 1 saturated heterocycles. The van der Waals surface area contributed by atoms with Gasteiger partial charge in [-0.05, 0) is 36.4 Å². The third kappa shape index (κ3) is 4.12. The molecule has 0 saturated carbocycles. The second-order valence-electron chi connectivity index (χ2n) is 8.04. The van der Waals surface area contributed by atoms with Gasteiger partial charge in [0.25, 0.3) is 5.91 Å². The van der Waals surface area contributed by atoms with Crippen molar-refractivity contribution >= 4 is 23.2 Å². The second kappa shape index (κ2) is 8.74. The molecule has 2 aromatic carbocycles. The van der Waals surface area contributed by atoms with Gasteiger partial charge in [-0.1, -0.05) is 17.7 Å². The lowest BCUT2D eigenvalue weighted by Gasteiger charge is -2.36. The van der Waals surface area contributed by atoms with Crippen molar-refractivity contribution in [3.05, 3.63) is 59.2 Å². The first-order valence-corrected chi connectivity index (χ1v) is 11.2. The maximum Gasteiger partial charge on any atom is 0.257 e. The van der Waals surface area contributed by atoms with Crippen LogP contribution in [-0.4, -0.2) is 60.0 Å². The number of piperazine rings is 1. The molecule has 0 N–H and O–H groups in total. The van der Waals surface area contributed by atoms with E-state index in [-0.39, 0.29) is 5.91 Å². The zero-order chi connectivity index (χ0) is 22.1. The van der Waals surface area contributed by atoms with E-state index in [1.54, 1.807) is 10.9 Å². The minimum atomic E-state index is -0.00837. The zero-order valence-corrected chi connectivity index (χ0v) is 18.7. The van der Waals surface area contributed by atoms with Crippen LogP contribution in [0.2, 0.25) is 5.02 Å². The minimum Gasteiger partial charge on any atom is -0.490 e. The lowest BCUT2D eigenvalue weighted by molar-refractivity contribution is 0.0747. The molecule has 2 aliphatic rings. The molecule has 0 atom stereocenters. The second-order valence-corrected chi connectivity index (χ2v) is 8.47. The van der Waals surface area contributed by atoms with Crippen LogP contribution in [0.4, 0.5) is 5.69 Å². The molecule has 0 spiro atoms. The molecule has 8 heteroatoms. The van der Waals surface area contributed by atoms with E-state index >= 15 is 0 Å². The van der Waals surface area contributed by atoms with E-state index in [4.69, 9.17) is 21.1 Å². The van der Waals surface area contributed by atoms with Gasteiger partial charge in [0.15, 0.2) is 11.5 Å². The predicted octanol–water partition coefficient (Wildman–Crippen LogP) is 3.86. The van der Waals surface area contributed by atoms with Crippen LogP contribution in [0.3, 0.4) is 0 Å². The van der Waals surface area contributed by atoms with E-state index < -0.39 is 0 Å². The van der Waals surface area contributed by atoms with Gasteiger partial charge >= 0.3 is 0 Å². The lowest BCUT2D eigenvalue weighted by atomic mass is 10.1. The first kappa shape index (κ1) is 20.7. The molecule has 1 aromatic heterocycles. The summed E-state index contributed by atoms with van der Waals surface area (Å²) in [4.78, 5) is 17.6. The lowest BCUT2D eigenvalue weighted by Crippen LogP contribution is -2.48. The van der Waals surface area contributed by atoms with Gasteiger partial charge in [-0.25, -0.2) is 0 Å². The summed E-state index contributed by atoms with van der Waals surface area (Å²) in [5.74, 6) is 1.41. The highest BCUT2D eigenvalue weighted by atomic mass is 35.5. The number of hydrogen-bond donors (Lipinski definition) is 0. The number of nitrogens with zero attached hydrogens (tertiary/aromatic N) is 4. The summed E-state index contributed by atoms with van der Waals surface area (Å²) < 4.78 is 13.2. The maximum atomic E-state index is 13.4. The minimum absolute atomic E-state index is 0.00837. The van der Waals surface area contributed by atoms with Crippen molar-refractivity contribution in [1.82, 2.24) is 14.7 Å². The van der Waals surface area contributed by atoms with Crippen LogP contribution in [-0.2, 0) is 7.05 Å². The summed E-state index contributed by atoms with van der Waals surface area (Å²) >= 11 is 6.14. The van der Waals surface area contributed by atoms with Gasteiger partial charge in [0.1, 0.15) is 5.69 Å². The largest absolute Gasteiger partial charge is 0.490 e. The third-order valence-corrected chi connectivity index (χ3v) is 6.06. The van der Waals surface area contributed by atoms with E-state index in [2.05, 4.69) is 10.00 Å². The van der Waals surface area contributed by atoms with Gasteiger partial charge in [-0.15, -0.1) is 0 Å². The summed E-state index contributed by atoms with van der Waals surface area (Å²) in [6, 6.07) is 13.6. The number of hydrogen-bond acceptors (Lipinski definition) is 5. The molecule has 2 aliphatic heterocycles. The van der Waals surface area contributed by atoms with Gasteiger partial charge in [-0.2, -0.15) is 5.10 Å². The van der Waals surface area contributed by atoms with Gasteiger partial charge in [-0.3, -0.25) is 9.48 Å². The van der Waals surface area contributed by atoms with Crippen LogP contribution in [0, 0.1) is 0 Å². The monoisotopic (exact) mass is 452 g/mol. The van der Waals surface area contributed by atoms with Crippen molar-refractivity contribution in [3.8, 4) is 22.8 Å². The molecule has 3 heterocycles. The van der Waals surface area contributed by atoms with Crippen molar-refractivity contribution in [2.45, 2.75) is 6.42 Å². The highest BCUT2D eigenvalue weighted by Crippen LogP contribution is 2.35. The number of anilines is 1. The molecule has 7 nitrogen and oxygen atoms in total. The summed E-state index contributed by atoms with van der Waals surface area (Å²) in [5.41, 5.74) is 3.18. The molecule has 3 aromatic rings. The molecule has 0 bridgehead atoms. The Morgan fingerprint density at radius 3 is 2.56 bits per heavy atom. The highest BCUT2D eigenvalue weighted by molar-refractivity contribution is 6.30. The van der Waals surface area contributed by atoms with Crippen molar-refractivity contribution in [2.24, 2.45) is 7.05 Å². The standard InChI is InChI=1S/C24H25ClN4O3/c1-27-16-20(23(26-27)17-6-7-21-22(14-17)32-13-3-12-31-21)24(30)29-10-8-28(9-11-29)19-5-2-4-18(25)15-19/h2,4-7,14-16H,3,8-13H2,1H3. The molecular formula is C24H25ClN4O3. The molecule has 0 radical (unpaired) electrons.